The molecule has 0 aliphatic carbocycles. The maximum atomic E-state index is 4.79. The van der Waals surface area contributed by atoms with E-state index in [-0.39, 0.29) is 24.0 Å². The number of hydrogen-bond acceptors (Lipinski definition) is 3. The summed E-state index contributed by atoms with van der Waals surface area (Å²) in [5, 5.41) is 11.4. The predicted molar refractivity (Wildman–Crippen MR) is 134 cm³/mol. The number of hydrogen-bond donors (Lipinski definition) is 2. The predicted octanol–water partition coefficient (Wildman–Crippen LogP) is 4.11. The van der Waals surface area contributed by atoms with Crippen LogP contribution >= 0.6 is 24.0 Å². The largest absolute Gasteiger partial charge is 0.357 e. The van der Waals surface area contributed by atoms with Gasteiger partial charge in [0.05, 0.1) is 17.9 Å². The Morgan fingerprint density at radius 2 is 1.83 bits per heavy atom. The summed E-state index contributed by atoms with van der Waals surface area (Å²) in [6.45, 7) is 10.4. The summed E-state index contributed by atoms with van der Waals surface area (Å²) >= 11 is 0. The van der Waals surface area contributed by atoms with Gasteiger partial charge in [0.2, 0.25) is 0 Å². The van der Waals surface area contributed by atoms with Crippen molar-refractivity contribution >= 4 is 29.9 Å². The quantitative estimate of drug-likeness (QED) is 0.281. The zero-order valence-electron chi connectivity index (χ0n) is 18.1. The maximum Gasteiger partial charge on any atom is 0.191 e. The first-order valence-electron chi connectivity index (χ1n) is 10.1. The molecule has 0 spiro atoms. The van der Waals surface area contributed by atoms with E-state index in [1.165, 1.54) is 5.56 Å². The van der Waals surface area contributed by atoms with Crippen molar-refractivity contribution in [2.24, 2.45) is 4.99 Å². The summed E-state index contributed by atoms with van der Waals surface area (Å²) in [7, 11) is 0. The van der Waals surface area contributed by atoms with Crippen LogP contribution in [0.1, 0.15) is 35.1 Å². The van der Waals surface area contributed by atoms with Gasteiger partial charge >= 0.3 is 0 Å². The van der Waals surface area contributed by atoms with Crippen molar-refractivity contribution in [1.29, 1.82) is 0 Å². The monoisotopic (exact) mass is 518 g/mol. The van der Waals surface area contributed by atoms with Crippen LogP contribution in [0.3, 0.4) is 0 Å². The molecule has 0 aliphatic rings. The maximum absolute atomic E-state index is 4.79. The van der Waals surface area contributed by atoms with Crippen molar-refractivity contribution in [2.45, 2.75) is 40.7 Å². The zero-order valence-corrected chi connectivity index (χ0v) is 20.5. The second kappa shape index (κ2) is 11.7. The third-order valence-electron chi connectivity index (χ3n) is 4.66. The lowest BCUT2D eigenvalue weighted by atomic mass is 10.2. The second-order valence-corrected chi connectivity index (χ2v) is 7.15. The molecule has 0 unspecified atom stereocenters. The van der Waals surface area contributed by atoms with E-state index in [4.69, 9.17) is 4.99 Å². The van der Waals surface area contributed by atoms with Gasteiger partial charge in [-0.15, -0.1) is 24.0 Å². The molecule has 3 rings (SSSR count). The van der Waals surface area contributed by atoms with Gasteiger partial charge in [-0.1, -0.05) is 24.3 Å². The van der Waals surface area contributed by atoms with Crippen LogP contribution in [0.4, 0.5) is 0 Å². The first kappa shape index (κ1) is 23.9. The topological polar surface area (TPSA) is 67.1 Å². The minimum atomic E-state index is 0. The highest BCUT2D eigenvalue weighted by Gasteiger charge is 2.08. The van der Waals surface area contributed by atoms with Crippen molar-refractivity contribution < 1.29 is 0 Å². The molecule has 30 heavy (non-hydrogen) atoms. The molecule has 2 heterocycles. The second-order valence-electron chi connectivity index (χ2n) is 7.15. The number of rotatable bonds is 7. The van der Waals surface area contributed by atoms with E-state index >= 15 is 0 Å². The molecule has 0 fully saturated rings. The summed E-state index contributed by atoms with van der Waals surface area (Å²) < 4.78 is 1.99. The molecule has 0 atom stereocenters. The number of aryl methyl sites for hydroxylation is 3. The van der Waals surface area contributed by atoms with Crippen LogP contribution in [0.15, 0.2) is 53.7 Å². The normalized spacial score (nSPS) is 11.1. The van der Waals surface area contributed by atoms with Gasteiger partial charge < -0.3 is 10.6 Å². The fraction of sp³-hybridized carbons (Fsp3) is 0.348. The van der Waals surface area contributed by atoms with Gasteiger partial charge in [0, 0.05) is 30.7 Å². The average Bonchev–Trinajstić information content (AvgIpc) is 3.05. The molecule has 0 saturated heterocycles. The van der Waals surface area contributed by atoms with Crippen molar-refractivity contribution in [3.8, 4) is 5.69 Å². The standard InChI is InChI=1S/C23H30N6.HI/c1-5-24-23(25-13-12-20-11-10-17(2)26-15-20)27-16-21-8-6-7-9-22(21)29-19(4)14-18(3)28-29;/h6-11,14-15H,5,12-13,16H2,1-4H3,(H2,24,25,27);1H. The number of para-hydroxylation sites is 1. The van der Waals surface area contributed by atoms with E-state index in [0.29, 0.717) is 6.54 Å². The molecule has 1 aromatic carbocycles. The highest BCUT2D eigenvalue weighted by Crippen LogP contribution is 2.17. The number of nitrogens with zero attached hydrogens (tertiary/aromatic N) is 4. The number of benzene rings is 1. The average molecular weight is 518 g/mol. The molecule has 2 aromatic heterocycles. The van der Waals surface area contributed by atoms with E-state index in [1.54, 1.807) is 0 Å². The van der Waals surface area contributed by atoms with Crippen LogP contribution in [0.2, 0.25) is 0 Å². The fourth-order valence-corrected chi connectivity index (χ4v) is 3.20. The Balaban J connectivity index is 0.00000320. The molecule has 2 N–H and O–H groups in total. The summed E-state index contributed by atoms with van der Waals surface area (Å²) in [6, 6.07) is 14.5. The van der Waals surface area contributed by atoms with Crippen LogP contribution in [-0.2, 0) is 13.0 Å². The van der Waals surface area contributed by atoms with Gasteiger partial charge in [-0.3, -0.25) is 4.98 Å². The van der Waals surface area contributed by atoms with E-state index in [0.717, 1.165) is 53.8 Å². The summed E-state index contributed by atoms with van der Waals surface area (Å²) in [5.41, 5.74) is 6.60. The Bertz CT molecular complexity index is 962. The van der Waals surface area contributed by atoms with Crippen molar-refractivity contribution in [1.82, 2.24) is 25.4 Å². The Kier molecular flexibility index (Phi) is 9.29. The molecule has 0 saturated carbocycles. The summed E-state index contributed by atoms with van der Waals surface area (Å²) in [4.78, 5) is 9.14. The van der Waals surface area contributed by atoms with Gasteiger partial charge in [0.15, 0.2) is 5.96 Å². The van der Waals surface area contributed by atoms with Crippen LogP contribution in [0.5, 0.6) is 0 Å². The first-order valence-corrected chi connectivity index (χ1v) is 10.1. The molecule has 160 valence electrons. The number of pyridine rings is 1. The number of aliphatic imine (C=N–C) groups is 1. The highest BCUT2D eigenvalue weighted by atomic mass is 127. The summed E-state index contributed by atoms with van der Waals surface area (Å²) in [5.74, 6) is 0.816. The van der Waals surface area contributed by atoms with E-state index < -0.39 is 0 Å². The molecular weight excluding hydrogens is 487 g/mol. The minimum Gasteiger partial charge on any atom is -0.357 e. The third kappa shape index (κ3) is 6.55. The SMILES string of the molecule is CCNC(=NCc1ccccc1-n1nc(C)cc1C)NCCc1ccc(C)nc1.I. The zero-order chi connectivity index (χ0) is 20.6. The number of guanidine groups is 1. The highest BCUT2D eigenvalue weighted by molar-refractivity contribution is 14.0. The molecular formula is C23H31IN6. The first-order chi connectivity index (χ1) is 14.1. The van der Waals surface area contributed by atoms with Crippen LogP contribution < -0.4 is 10.6 Å². The lowest BCUT2D eigenvalue weighted by molar-refractivity contribution is 0.790. The van der Waals surface area contributed by atoms with Crippen LogP contribution in [-0.4, -0.2) is 33.8 Å². The molecule has 0 bridgehead atoms. The summed E-state index contributed by atoms with van der Waals surface area (Å²) in [6.07, 6.45) is 2.84. The molecule has 3 aromatic rings. The van der Waals surface area contributed by atoms with Gasteiger partial charge in [0.1, 0.15) is 0 Å². The molecule has 0 radical (unpaired) electrons. The molecule has 6 nitrogen and oxygen atoms in total. The van der Waals surface area contributed by atoms with Crippen LogP contribution in [0.25, 0.3) is 5.69 Å². The lowest BCUT2D eigenvalue weighted by Gasteiger charge is -2.13. The Hall–Kier alpha value is -2.42. The number of halogens is 1. The molecule has 0 amide bonds. The van der Waals surface area contributed by atoms with E-state index in [9.17, 15) is 0 Å². The van der Waals surface area contributed by atoms with E-state index in [1.807, 2.05) is 42.9 Å². The van der Waals surface area contributed by atoms with Crippen molar-refractivity contribution in [2.75, 3.05) is 13.1 Å². The Morgan fingerprint density at radius 3 is 2.50 bits per heavy atom. The van der Waals surface area contributed by atoms with Gasteiger partial charge in [-0.05, 0) is 63.4 Å². The van der Waals surface area contributed by atoms with Gasteiger partial charge in [-0.2, -0.15) is 5.10 Å². The van der Waals surface area contributed by atoms with E-state index in [2.05, 4.69) is 58.8 Å². The smallest absolute Gasteiger partial charge is 0.191 e. The van der Waals surface area contributed by atoms with Crippen LogP contribution in [0, 0.1) is 20.8 Å². The third-order valence-corrected chi connectivity index (χ3v) is 4.66. The minimum absolute atomic E-state index is 0. The number of aromatic nitrogens is 3. The number of nitrogens with one attached hydrogen (secondary N) is 2. The fourth-order valence-electron chi connectivity index (χ4n) is 3.20. The van der Waals surface area contributed by atoms with Crippen molar-refractivity contribution in [3.63, 3.8) is 0 Å². The van der Waals surface area contributed by atoms with Crippen molar-refractivity contribution in [3.05, 3.63) is 76.9 Å². The van der Waals surface area contributed by atoms with Gasteiger partial charge in [0.25, 0.3) is 0 Å². The lowest BCUT2D eigenvalue weighted by Crippen LogP contribution is -2.38. The molecule has 0 aliphatic heterocycles. The Labute approximate surface area is 196 Å². The van der Waals surface area contributed by atoms with Gasteiger partial charge in [-0.25, -0.2) is 9.67 Å². The molecule has 7 heteroatoms. The Morgan fingerprint density at radius 1 is 1.03 bits per heavy atom.